The van der Waals surface area contributed by atoms with Crippen LogP contribution >= 0.6 is 0 Å². The summed E-state index contributed by atoms with van der Waals surface area (Å²) in [6, 6.07) is 13.6. The summed E-state index contributed by atoms with van der Waals surface area (Å²) in [5.74, 6) is 1.28. The molecule has 1 aliphatic rings. The third-order valence-electron chi connectivity index (χ3n) is 4.76. The molecule has 1 amide bonds. The summed E-state index contributed by atoms with van der Waals surface area (Å²) in [5.41, 5.74) is 6.45. The number of nitrogens with one attached hydrogen (secondary N) is 1. The third-order valence-corrected chi connectivity index (χ3v) is 5.97. The van der Waals surface area contributed by atoms with E-state index in [-0.39, 0.29) is 5.91 Å². The summed E-state index contributed by atoms with van der Waals surface area (Å²) in [6.45, 7) is 6.03. The lowest BCUT2D eigenvalue weighted by Crippen LogP contribution is -2.17. The Kier molecular flexibility index (Phi) is 4.44. The van der Waals surface area contributed by atoms with Crippen molar-refractivity contribution >= 4 is 22.5 Å². The summed E-state index contributed by atoms with van der Waals surface area (Å²) < 4.78 is 13.8. The highest BCUT2D eigenvalue weighted by Gasteiger charge is 2.28. The smallest absolute Gasteiger partial charge is 0.256 e. The average Bonchev–Trinajstić information content (AvgIpc) is 3.12. The first kappa shape index (κ1) is 17.7. The molecule has 0 radical (unpaired) electrons. The van der Waals surface area contributed by atoms with Crippen molar-refractivity contribution in [2.75, 3.05) is 5.32 Å². The highest BCUT2D eigenvalue weighted by molar-refractivity contribution is 7.83. The highest BCUT2D eigenvalue weighted by atomic mass is 32.2. The zero-order valence-electron chi connectivity index (χ0n) is 15.6. The number of aromatic nitrogens is 2. The second-order valence-electron chi connectivity index (χ2n) is 7.03. The molecule has 0 spiro atoms. The van der Waals surface area contributed by atoms with E-state index in [1.54, 1.807) is 10.7 Å². The number of hydrogen-bond acceptors (Lipinski definition) is 3. The van der Waals surface area contributed by atoms with E-state index in [0.29, 0.717) is 22.9 Å². The van der Waals surface area contributed by atoms with Crippen molar-refractivity contribution in [2.45, 2.75) is 32.3 Å². The Hall–Kier alpha value is -2.73. The lowest BCUT2D eigenvalue weighted by atomic mass is 10.1. The molecule has 3 aromatic rings. The van der Waals surface area contributed by atoms with Crippen molar-refractivity contribution < 1.29 is 9.00 Å². The molecule has 2 heterocycles. The van der Waals surface area contributed by atoms with Crippen molar-refractivity contribution in [3.05, 3.63) is 76.0 Å². The molecule has 4 rings (SSSR count). The van der Waals surface area contributed by atoms with Gasteiger partial charge in [0.25, 0.3) is 5.91 Å². The maximum atomic E-state index is 12.8. The van der Waals surface area contributed by atoms with E-state index in [0.717, 1.165) is 28.1 Å². The van der Waals surface area contributed by atoms with Crippen LogP contribution in [0.25, 0.3) is 5.69 Å². The Bertz CT molecular complexity index is 1090. The number of nitrogens with zero attached hydrogens (tertiary/aromatic N) is 2. The fourth-order valence-electron chi connectivity index (χ4n) is 3.44. The van der Waals surface area contributed by atoms with Gasteiger partial charge in [-0.15, -0.1) is 0 Å². The number of hydrogen-bond donors (Lipinski definition) is 1. The number of anilines is 1. The fraction of sp³-hybridized carbons (Fsp3) is 0.238. The first-order chi connectivity index (χ1) is 12.9. The quantitative estimate of drug-likeness (QED) is 0.753. The standard InChI is InChI=1S/C21H21N3O2S/c1-13-5-4-6-16(10-13)21(25)22-20-17-11-27(26)12-18(17)23-24(20)19-8-7-14(2)9-15(19)3/h4-10H,11-12H2,1-3H3,(H,22,25)/t27-/m1/s1. The zero-order valence-corrected chi connectivity index (χ0v) is 16.4. The Morgan fingerprint density at radius 2 is 1.85 bits per heavy atom. The molecule has 27 heavy (non-hydrogen) atoms. The Morgan fingerprint density at radius 1 is 1.07 bits per heavy atom. The van der Waals surface area contributed by atoms with Gasteiger partial charge in [-0.25, -0.2) is 4.68 Å². The van der Waals surface area contributed by atoms with E-state index in [2.05, 4.69) is 16.5 Å². The highest BCUT2D eigenvalue weighted by Crippen LogP contribution is 2.32. The van der Waals surface area contributed by atoms with Crippen LogP contribution in [0.4, 0.5) is 5.82 Å². The number of rotatable bonds is 3. The van der Waals surface area contributed by atoms with Gasteiger partial charge in [-0.1, -0.05) is 35.4 Å². The maximum absolute atomic E-state index is 12.8. The largest absolute Gasteiger partial charge is 0.306 e. The molecule has 0 saturated heterocycles. The van der Waals surface area contributed by atoms with Gasteiger partial charge in [-0.05, 0) is 44.5 Å². The molecular formula is C21H21N3O2S. The normalized spacial score (nSPS) is 15.6. The van der Waals surface area contributed by atoms with E-state index in [1.165, 1.54) is 5.56 Å². The van der Waals surface area contributed by atoms with Crippen LogP contribution in [0.1, 0.15) is 38.3 Å². The van der Waals surface area contributed by atoms with Crippen LogP contribution < -0.4 is 5.32 Å². The van der Waals surface area contributed by atoms with Crippen molar-refractivity contribution in [3.8, 4) is 5.69 Å². The fourth-order valence-corrected chi connectivity index (χ4v) is 4.70. The van der Waals surface area contributed by atoms with Crippen molar-refractivity contribution in [1.82, 2.24) is 9.78 Å². The van der Waals surface area contributed by atoms with Crippen LogP contribution in [-0.4, -0.2) is 19.9 Å². The molecule has 1 aromatic heterocycles. The van der Waals surface area contributed by atoms with Crippen LogP contribution in [0.3, 0.4) is 0 Å². The average molecular weight is 379 g/mol. The number of benzene rings is 2. The molecule has 0 fully saturated rings. The minimum absolute atomic E-state index is 0.190. The maximum Gasteiger partial charge on any atom is 0.256 e. The zero-order chi connectivity index (χ0) is 19.1. The van der Waals surface area contributed by atoms with Crippen LogP contribution in [0, 0.1) is 20.8 Å². The topological polar surface area (TPSA) is 64.0 Å². The van der Waals surface area contributed by atoms with Gasteiger partial charge in [0.15, 0.2) is 0 Å². The van der Waals surface area contributed by atoms with Gasteiger partial charge in [0.05, 0.1) is 22.9 Å². The monoisotopic (exact) mass is 379 g/mol. The minimum atomic E-state index is -0.962. The number of aryl methyl sites for hydroxylation is 3. The number of carbonyl (C=O) groups excluding carboxylic acids is 1. The molecule has 0 bridgehead atoms. The molecule has 2 aromatic carbocycles. The molecule has 1 N–H and O–H groups in total. The molecular weight excluding hydrogens is 358 g/mol. The van der Waals surface area contributed by atoms with Gasteiger partial charge in [-0.3, -0.25) is 9.00 Å². The lowest BCUT2D eigenvalue weighted by Gasteiger charge is -2.13. The molecule has 5 nitrogen and oxygen atoms in total. The molecule has 0 unspecified atom stereocenters. The van der Waals surface area contributed by atoms with Gasteiger partial charge in [0, 0.05) is 21.9 Å². The van der Waals surface area contributed by atoms with Gasteiger partial charge in [0.1, 0.15) is 5.82 Å². The molecule has 138 valence electrons. The van der Waals surface area contributed by atoms with Gasteiger partial charge in [0.2, 0.25) is 0 Å². The lowest BCUT2D eigenvalue weighted by molar-refractivity contribution is 0.102. The van der Waals surface area contributed by atoms with Crippen LogP contribution in [0.2, 0.25) is 0 Å². The van der Waals surface area contributed by atoms with Gasteiger partial charge >= 0.3 is 0 Å². The Balaban J connectivity index is 1.79. The van der Waals surface area contributed by atoms with Crippen molar-refractivity contribution in [1.29, 1.82) is 0 Å². The molecule has 0 aliphatic carbocycles. The van der Waals surface area contributed by atoms with E-state index in [4.69, 9.17) is 0 Å². The van der Waals surface area contributed by atoms with Crippen LogP contribution in [-0.2, 0) is 22.3 Å². The van der Waals surface area contributed by atoms with E-state index < -0.39 is 10.8 Å². The SMILES string of the molecule is Cc1cccc(C(=O)Nc2c3c(nn2-c2ccc(C)cc2C)C[S@](=O)C3)c1. The predicted molar refractivity (Wildman–Crippen MR) is 108 cm³/mol. The summed E-state index contributed by atoms with van der Waals surface area (Å²) in [4.78, 5) is 12.8. The van der Waals surface area contributed by atoms with Crippen molar-refractivity contribution in [2.24, 2.45) is 0 Å². The van der Waals surface area contributed by atoms with Gasteiger partial charge in [-0.2, -0.15) is 5.10 Å². The molecule has 1 aliphatic heterocycles. The first-order valence-corrected chi connectivity index (χ1v) is 10.3. The van der Waals surface area contributed by atoms with E-state index in [1.807, 2.05) is 51.1 Å². The first-order valence-electron chi connectivity index (χ1n) is 8.84. The number of amides is 1. The number of carbonyl (C=O) groups is 1. The summed E-state index contributed by atoms with van der Waals surface area (Å²) in [5, 5.41) is 7.70. The van der Waals surface area contributed by atoms with E-state index in [9.17, 15) is 9.00 Å². The summed E-state index contributed by atoms with van der Waals surface area (Å²) >= 11 is 0. The second-order valence-corrected chi connectivity index (χ2v) is 8.48. The minimum Gasteiger partial charge on any atom is -0.306 e. The van der Waals surface area contributed by atoms with Crippen LogP contribution in [0.5, 0.6) is 0 Å². The van der Waals surface area contributed by atoms with E-state index >= 15 is 0 Å². The molecule has 1 atom stereocenters. The second kappa shape index (κ2) is 6.78. The molecule has 6 heteroatoms. The Labute approximate surface area is 160 Å². The summed E-state index contributed by atoms with van der Waals surface area (Å²) in [6.07, 6.45) is 0. The van der Waals surface area contributed by atoms with Crippen LogP contribution in [0.15, 0.2) is 42.5 Å². The van der Waals surface area contributed by atoms with Crippen molar-refractivity contribution in [3.63, 3.8) is 0 Å². The Morgan fingerprint density at radius 3 is 2.59 bits per heavy atom. The summed E-state index contributed by atoms with van der Waals surface area (Å²) in [7, 11) is -0.962. The third kappa shape index (κ3) is 3.32. The number of fused-ring (bicyclic) bond motifs is 1. The molecule has 0 saturated carbocycles. The van der Waals surface area contributed by atoms with Gasteiger partial charge < -0.3 is 5.32 Å². The predicted octanol–water partition coefficient (Wildman–Crippen LogP) is 3.81.